The van der Waals surface area contributed by atoms with Crippen LogP contribution >= 0.6 is 11.8 Å². The normalized spacial score (nSPS) is 10.5. The minimum Gasteiger partial charge on any atom is -0.325 e. The Morgan fingerprint density at radius 3 is 3.10 bits per heavy atom. The summed E-state index contributed by atoms with van der Waals surface area (Å²) in [6.07, 6.45) is 0.911. The monoisotopic (exact) mass is 295 g/mol. The number of benzene rings is 1. The first-order valence-corrected chi connectivity index (χ1v) is 7.12. The summed E-state index contributed by atoms with van der Waals surface area (Å²) in [5.74, 6) is -0.449. The second-order valence-corrected chi connectivity index (χ2v) is 4.97. The van der Waals surface area contributed by atoms with E-state index in [4.69, 9.17) is 0 Å². The highest BCUT2D eigenvalue weighted by molar-refractivity contribution is 7.99. The number of hydrogen-bond donors (Lipinski definition) is 1. The predicted molar refractivity (Wildman–Crippen MR) is 73.9 cm³/mol. The number of tetrazole rings is 1. The van der Waals surface area contributed by atoms with Crippen LogP contribution in [0.5, 0.6) is 0 Å². The number of hydrogen-bond acceptors (Lipinski definition) is 5. The SMILES string of the molecule is CCCn1nnnc1SCC(=O)Nc1cccc(F)c1. The maximum absolute atomic E-state index is 13.0. The summed E-state index contributed by atoms with van der Waals surface area (Å²) in [6, 6.07) is 5.76. The summed E-state index contributed by atoms with van der Waals surface area (Å²) in [6.45, 7) is 2.73. The molecular weight excluding hydrogens is 281 g/mol. The lowest BCUT2D eigenvalue weighted by molar-refractivity contribution is -0.113. The van der Waals surface area contributed by atoms with Gasteiger partial charge >= 0.3 is 0 Å². The summed E-state index contributed by atoms with van der Waals surface area (Å²) < 4.78 is 14.6. The van der Waals surface area contributed by atoms with Gasteiger partial charge in [-0.25, -0.2) is 9.07 Å². The zero-order valence-electron chi connectivity index (χ0n) is 10.9. The number of nitrogens with zero attached hydrogens (tertiary/aromatic N) is 4. The standard InChI is InChI=1S/C12H14FN5OS/c1-2-6-18-12(15-16-17-18)20-8-11(19)14-10-5-3-4-9(13)7-10/h3-5,7H,2,6,8H2,1H3,(H,14,19). The molecule has 2 aromatic rings. The van der Waals surface area contributed by atoms with Gasteiger partial charge in [-0.05, 0) is 35.0 Å². The lowest BCUT2D eigenvalue weighted by atomic mass is 10.3. The Balaban J connectivity index is 1.87. The Kier molecular flexibility index (Phi) is 5.05. The molecule has 0 bridgehead atoms. The molecule has 1 heterocycles. The van der Waals surface area contributed by atoms with Crippen LogP contribution in [0.15, 0.2) is 29.4 Å². The summed E-state index contributed by atoms with van der Waals surface area (Å²) >= 11 is 1.25. The molecule has 1 aromatic heterocycles. The van der Waals surface area contributed by atoms with Crippen molar-refractivity contribution in [2.75, 3.05) is 11.1 Å². The smallest absolute Gasteiger partial charge is 0.234 e. The van der Waals surface area contributed by atoms with Crippen molar-refractivity contribution >= 4 is 23.4 Å². The van der Waals surface area contributed by atoms with E-state index in [1.165, 1.54) is 23.9 Å². The molecule has 0 saturated heterocycles. The third kappa shape index (κ3) is 4.02. The highest BCUT2D eigenvalue weighted by Gasteiger charge is 2.09. The van der Waals surface area contributed by atoms with Gasteiger partial charge in [0.1, 0.15) is 5.82 Å². The third-order valence-corrected chi connectivity index (χ3v) is 3.33. The molecule has 1 amide bonds. The zero-order chi connectivity index (χ0) is 14.4. The molecule has 0 saturated carbocycles. The number of halogens is 1. The first-order chi connectivity index (χ1) is 9.69. The van der Waals surface area contributed by atoms with E-state index in [0.717, 1.165) is 6.42 Å². The molecule has 0 aliphatic heterocycles. The maximum Gasteiger partial charge on any atom is 0.234 e. The Hall–Kier alpha value is -1.96. The largest absolute Gasteiger partial charge is 0.325 e. The van der Waals surface area contributed by atoms with Crippen LogP contribution in [0.1, 0.15) is 13.3 Å². The Labute approximate surface area is 119 Å². The molecular formula is C12H14FN5OS. The summed E-state index contributed by atoms with van der Waals surface area (Å²) in [4.78, 5) is 11.8. The summed E-state index contributed by atoms with van der Waals surface area (Å²) in [7, 11) is 0. The van der Waals surface area contributed by atoms with Crippen molar-refractivity contribution in [1.82, 2.24) is 20.2 Å². The van der Waals surface area contributed by atoms with Gasteiger partial charge in [0.2, 0.25) is 11.1 Å². The number of aryl methyl sites for hydroxylation is 1. The summed E-state index contributed by atoms with van der Waals surface area (Å²) in [5.41, 5.74) is 0.434. The van der Waals surface area contributed by atoms with E-state index in [-0.39, 0.29) is 17.5 Å². The van der Waals surface area contributed by atoms with E-state index < -0.39 is 0 Å². The van der Waals surface area contributed by atoms with Crippen LogP contribution in [0.4, 0.5) is 10.1 Å². The van der Waals surface area contributed by atoms with Gasteiger partial charge in [-0.2, -0.15) is 0 Å². The second kappa shape index (κ2) is 6.99. The van der Waals surface area contributed by atoms with Crippen molar-refractivity contribution in [2.45, 2.75) is 25.0 Å². The topological polar surface area (TPSA) is 72.7 Å². The van der Waals surface area contributed by atoms with Gasteiger partial charge < -0.3 is 5.32 Å². The van der Waals surface area contributed by atoms with Crippen molar-refractivity contribution in [3.05, 3.63) is 30.1 Å². The van der Waals surface area contributed by atoms with Gasteiger partial charge in [0.15, 0.2) is 0 Å². The van der Waals surface area contributed by atoms with Gasteiger partial charge in [-0.3, -0.25) is 4.79 Å². The molecule has 106 valence electrons. The highest BCUT2D eigenvalue weighted by Crippen LogP contribution is 2.15. The average molecular weight is 295 g/mol. The average Bonchev–Trinajstić information content (AvgIpc) is 2.84. The summed E-state index contributed by atoms with van der Waals surface area (Å²) in [5, 5.41) is 14.5. The molecule has 1 N–H and O–H groups in total. The molecule has 6 nitrogen and oxygen atoms in total. The van der Waals surface area contributed by atoms with E-state index in [1.807, 2.05) is 6.92 Å². The van der Waals surface area contributed by atoms with Crippen molar-refractivity contribution in [1.29, 1.82) is 0 Å². The molecule has 0 aliphatic rings. The van der Waals surface area contributed by atoms with Crippen molar-refractivity contribution in [3.8, 4) is 0 Å². The van der Waals surface area contributed by atoms with E-state index in [2.05, 4.69) is 20.8 Å². The Morgan fingerprint density at radius 1 is 1.50 bits per heavy atom. The van der Waals surface area contributed by atoms with Crippen LogP contribution < -0.4 is 5.32 Å². The number of anilines is 1. The Morgan fingerprint density at radius 2 is 2.35 bits per heavy atom. The van der Waals surface area contributed by atoms with E-state index in [9.17, 15) is 9.18 Å². The van der Waals surface area contributed by atoms with Crippen LogP contribution in [0.2, 0.25) is 0 Å². The first kappa shape index (κ1) is 14.4. The fourth-order valence-electron chi connectivity index (χ4n) is 1.55. The first-order valence-electron chi connectivity index (χ1n) is 6.13. The van der Waals surface area contributed by atoms with Gasteiger partial charge in [0.05, 0.1) is 5.75 Å². The van der Waals surface area contributed by atoms with Crippen LogP contribution in [0.25, 0.3) is 0 Å². The number of nitrogens with one attached hydrogen (secondary N) is 1. The molecule has 8 heteroatoms. The predicted octanol–water partition coefficient (Wildman–Crippen LogP) is 1.95. The lowest BCUT2D eigenvalue weighted by Crippen LogP contribution is -2.14. The van der Waals surface area contributed by atoms with Crippen LogP contribution in [-0.2, 0) is 11.3 Å². The van der Waals surface area contributed by atoms with Gasteiger partial charge in [0, 0.05) is 12.2 Å². The van der Waals surface area contributed by atoms with Gasteiger partial charge in [-0.1, -0.05) is 24.8 Å². The third-order valence-electron chi connectivity index (χ3n) is 2.38. The van der Waals surface area contributed by atoms with Crippen molar-refractivity contribution in [3.63, 3.8) is 0 Å². The molecule has 1 aromatic carbocycles. The Bertz CT molecular complexity index is 589. The van der Waals surface area contributed by atoms with Crippen molar-refractivity contribution < 1.29 is 9.18 Å². The fraction of sp³-hybridized carbons (Fsp3) is 0.333. The molecule has 0 aliphatic carbocycles. The second-order valence-electron chi connectivity index (χ2n) is 4.03. The van der Waals surface area contributed by atoms with Gasteiger partial charge in [0.25, 0.3) is 0 Å². The minimum atomic E-state index is -0.387. The van der Waals surface area contributed by atoms with Gasteiger partial charge in [-0.15, -0.1) is 5.10 Å². The molecule has 0 unspecified atom stereocenters. The van der Waals surface area contributed by atoms with Crippen LogP contribution in [-0.4, -0.2) is 31.9 Å². The molecule has 0 atom stereocenters. The molecule has 0 radical (unpaired) electrons. The number of thioether (sulfide) groups is 1. The number of carbonyl (C=O) groups excluding carboxylic acids is 1. The molecule has 2 rings (SSSR count). The number of aromatic nitrogens is 4. The number of amides is 1. The van der Waals surface area contributed by atoms with E-state index in [1.54, 1.807) is 16.8 Å². The minimum absolute atomic E-state index is 0.167. The number of carbonyl (C=O) groups is 1. The number of rotatable bonds is 6. The van der Waals surface area contributed by atoms with Crippen LogP contribution in [0.3, 0.4) is 0 Å². The lowest BCUT2D eigenvalue weighted by Gasteiger charge is -2.05. The molecule has 20 heavy (non-hydrogen) atoms. The molecule has 0 fully saturated rings. The maximum atomic E-state index is 13.0. The quantitative estimate of drug-likeness (QED) is 0.825. The van der Waals surface area contributed by atoms with E-state index >= 15 is 0 Å². The van der Waals surface area contributed by atoms with Crippen molar-refractivity contribution in [2.24, 2.45) is 0 Å². The van der Waals surface area contributed by atoms with E-state index in [0.29, 0.717) is 17.4 Å². The zero-order valence-corrected chi connectivity index (χ0v) is 11.7. The highest BCUT2D eigenvalue weighted by atomic mass is 32.2. The fourth-order valence-corrected chi connectivity index (χ4v) is 2.25. The molecule has 0 spiro atoms. The van der Waals surface area contributed by atoms with Crippen LogP contribution in [0, 0.1) is 5.82 Å².